The molecule has 1 heterocycles. The van der Waals surface area contributed by atoms with Crippen LogP contribution in [0.5, 0.6) is 0 Å². The Labute approximate surface area is 158 Å². The van der Waals surface area contributed by atoms with E-state index in [1.807, 2.05) is 43.3 Å². The quantitative estimate of drug-likeness (QED) is 0.450. The van der Waals surface area contributed by atoms with Gasteiger partial charge in [-0.3, -0.25) is 4.79 Å². The van der Waals surface area contributed by atoms with Crippen LogP contribution in [0.2, 0.25) is 5.15 Å². The Morgan fingerprint density at radius 2 is 2.04 bits per heavy atom. The standard InChI is InChI=1S/C18H23ClN4OS/c1-12(2)10-20-17(24)14-7-5-6-13(8-14)11-25-18-21-15(19)9-16(22-18)23(3)4/h5-9,12H,10-11H2,1-4H3,(H,20,24). The highest BCUT2D eigenvalue weighted by Gasteiger charge is 2.09. The van der Waals surface area contributed by atoms with E-state index in [9.17, 15) is 4.79 Å². The summed E-state index contributed by atoms with van der Waals surface area (Å²) in [5.41, 5.74) is 1.71. The maximum absolute atomic E-state index is 12.2. The zero-order chi connectivity index (χ0) is 18.4. The second kappa shape index (κ2) is 9.06. The van der Waals surface area contributed by atoms with Crippen LogP contribution in [-0.2, 0) is 5.75 Å². The molecule has 0 spiro atoms. The highest BCUT2D eigenvalue weighted by Crippen LogP contribution is 2.24. The van der Waals surface area contributed by atoms with E-state index in [2.05, 4.69) is 29.1 Å². The summed E-state index contributed by atoms with van der Waals surface area (Å²) < 4.78 is 0. The Bertz CT molecular complexity index is 737. The molecule has 2 rings (SSSR count). The predicted molar refractivity (Wildman–Crippen MR) is 105 cm³/mol. The largest absolute Gasteiger partial charge is 0.363 e. The van der Waals surface area contributed by atoms with Crippen LogP contribution in [0.4, 0.5) is 5.82 Å². The number of aromatic nitrogens is 2. The Balaban J connectivity index is 2.04. The van der Waals surface area contributed by atoms with Crippen LogP contribution < -0.4 is 10.2 Å². The summed E-state index contributed by atoms with van der Waals surface area (Å²) in [5, 5.41) is 3.97. The number of carbonyl (C=O) groups excluding carboxylic acids is 1. The third-order valence-corrected chi connectivity index (χ3v) is 4.46. The molecule has 7 heteroatoms. The van der Waals surface area contributed by atoms with E-state index in [4.69, 9.17) is 11.6 Å². The molecule has 1 aromatic heterocycles. The zero-order valence-electron chi connectivity index (χ0n) is 14.9. The fourth-order valence-corrected chi connectivity index (χ4v) is 3.05. The Morgan fingerprint density at radius 1 is 1.28 bits per heavy atom. The normalized spacial score (nSPS) is 10.8. The Hall–Kier alpha value is -1.79. The number of benzene rings is 1. The molecule has 0 aliphatic heterocycles. The van der Waals surface area contributed by atoms with Crippen molar-refractivity contribution in [2.24, 2.45) is 5.92 Å². The molecule has 134 valence electrons. The zero-order valence-corrected chi connectivity index (χ0v) is 16.5. The number of amides is 1. The minimum absolute atomic E-state index is 0.0468. The van der Waals surface area contributed by atoms with Crippen LogP contribution in [0.3, 0.4) is 0 Å². The molecular formula is C18H23ClN4OS. The van der Waals surface area contributed by atoms with Gasteiger partial charge < -0.3 is 10.2 Å². The molecule has 0 saturated carbocycles. The minimum atomic E-state index is -0.0468. The summed E-state index contributed by atoms with van der Waals surface area (Å²) >= 11 is 7.55. The van der Waals surface area contributed by atoms with Crippen molar-refractivity contribution in [1.29, 1.82) is 0 Å². The van der Waals surface area contributed by atoms with Crippen LogP contribution in [-0.4, -0.2) is 36.5 Å². The summed E-state index contributed by atoms with van der Waals surface area (Å²) in [7, 11) is 3.82. The third kappa shape index (κ3) is 6.21. The first kappa shape index (κ1) is 19.5. The molecule has 0 radical (unpaired) electrons. The molecule has 1 amide bonds. The Kier molecular flexibility index (Phi) is 7.08. The first-order chi connectivity index (χ1) is 11.8. The van der Waals surface area contributed by atoms with Gasteiger partial charge in [0.15, 0.2) is 5.16 Å². The average Bonchev–Trinajstić information content (AvgIpc) is 2.57. The molecule has 2 aromatic rings. The number of hydrogen-bond donors (Lipinski definition) is 1. The van der Waals surface area contributed by atoms with Gasteiger partial charge >= 0.3 is 0 Å². The number of carbonyl (C=O) groups is 1. The van der Waals surface area contributed by atoms with Gasteiger partial charge in [-0.1, -0.05) is 49.3 Å². The van der Waals surface area contributed by atoms with E-state index in [-0.39, 0.29) is 5.91 Å². The smallest absolute Gasteiger partial charge is 0.251 e. The molecular weight excluding hydrogens is 356 g/mol. The van der Waals surface area contributed by atoms with Gasteiger partial charge in [0.2, 0.25) is 0 Å². The highest BCUT2D eigenvalue weighted by atomic mass is 35.5. The summed E-state index contributed by atoms with van der Waals surface area (Å²) in [4.78, 5) is 22.8. The third-order valence-electron chi connectivity index (χ3n) is 3.35. The van der Waals surface area contributed by atoms with E-state index in [1.54, 1.807) is 6.07 Å². The first-order valence-electron chi connectivity index (χ1n) is 8.07. The van der Waals surface area contributed by atoms with Crippen molar-refractivity contribution in [3.63, 3.8) is 0 Å². The highest BCUT2D eigenvalue weighted by molar-refractivity contribution is 7.98. The monoisotopic (exact) mass is 378 g/mol. The Morgan fingerprint density at radius 3 is 2.72 bits per heavy atom. The average molecular weight is 379 g/mol. The lowest BCUT2D eigenvalue weighted by Gasteiger charge is -2.12. The molecule has 0 unspecified atom stereocenters. The maximum Gasteiger partial charge on any atom is 0.251 e. The van der Waals surface area contributed by atoms with Gasteiger partial charge in [-0.05, 0) is 23.6 Å². The molecule has 25 heavy (non-hydrogen) atoms. The second-order valence-electron chi connectivity index (χ2n) is 6.32. The number of rotatable bonds is 7. The van der Waals surface area contributed by atoms with Crippen molar-refractivity contribution >= 4 is 35.1 Å². The van der Waals surface area contributed by atoms with Gasteiger partial charge in [-0.15, -0.1) is 0 Å². The van der Waals surface area contributed by atoms with E-state index in [1.165, 1.54) is 11.8 Å². The van der Waals surface area contributed by atoms with Crippen molar-refractivity contribution in [3.8, 4) is 0 Å². The predicted octanol–water partition coefficient (Wildman–Crippen LogP) is 3.87. The van der Waals surface area contributed by atoms with E-state index >= 15 is 0 Å². The van der Waals surface area contributed by atoms with Crippen LogP contribution in [0.15, 0.2) is 35.5 Å². The van der Waals surface area contributed by atoms with Gasteiger partial charge in [-0.2, -0.15) is 0 Å². The van der Waals surface area contributed by atoms with Crippen LogP contribution in [0.1, 0.15) is 29.8 Å². The molecule has 0 aliphatic carbocycles. The molecule has 0 fully saturated rings. The van der Waals surface area contributed by atoms with Crippen molar-refractivity contribution in [2.75, 3.05) is 25.5 Å². The van der Waals surface area contributed by atoms with E-state index < -0.39 is 0 Å². The molecule has 5 nitrogen and oxygen atoms in total. The van der Waals surface area contributed by atoms with Gasteiger partial charge in [0.25, 0.3) is 5.91 Å². The van der Waals surface area contributed by atoms with Crippen molar-refractivity contribution in [1.82, 2.24) is 15.3 Å². The molecule has 0 aliphatic rings. The lowest BCUT2D eigenvalue weighted by atomic mass is 10.1. The molecule has 1 aromatic carbocycles. The number of nitrogens with zero attached hydrogens (tertiary/aromatic N) is 3. The molecule has 1 N–H and O–H groups in total. The molecule has 0 bridgehead atoms. The molecule has 0 atom stereocenters. The van der Waals surface area contributed by atoms with Crippen molar-refractivity contribution in [2.45, 2.75) is 24.8 Å². The van der Waals surface area contributed by atoms with Crippen LogP contribution in [0, 0.1) is 5.92 Å². The second-order valence-corrected chi connectivity index (χ2v) is 7.65. The van der Waals surface area contributed by atoms with E-state index in [0.29, 0.717) is 34.1 Å². The van der Waals surface area contributed by atoms with Crippen molar-refractivity contribution in [3.05, 3.63) is 46.6 Å². The van der Waals surface area contributed by atoms with Gasteiger partial charge in [-0.25, -0.2) is 9.97 Å². The maximum atomic E-state index is 12.2. The van der Waals surface area contributed by atoms with Crippen LogP contribution >= 0.6 is 23.4 Å². The lowest BCUT2D eigenvalue weighted by molar-refractivity contribution is 0.0949. The fourth-order valence-electron chi connectivity index (χ4n) is 2.03. The van der Waals surface area contributed by atoms with E-state index in [0.717, 1.165) is 11.4 Å². The number of halogens is 1. The topological polar surface area (TPSA) is 58.1 Å². The van der Waals surface area contributed by atoms with Crippen LogP contribution in [0.25, 0.3) is 0 Å². The van der Waals surface area contributed by atoms with Gasteiger partial charge in [0.1, 0.15) is 11.0 Å². The number of thioether (sulfide) groups is 1. The van der Waals surface area contributed by atoms with Gasteiger partial charge in [0, 0.05) is 38.0 Å². The number of nitrogens with one attached hydrogen (secondary N) is 1. The fraction of sp³-hybridized carbons (Fsp3) is 0.389. The lowest BCUT2D eigenvalue weighted by Crippen LogP contribution is -2.27. The van der Waals surface area contributed by atoms with Crippen molar-refractivity contribution < 1.29 is 4.79 Å². The number of hydrogen-bond acceptors (Lipinski definition) is 5. The summed E-state index contributed by atoms with van der Waals surface area (Å²) in [6, 6.07) is 9.34. The SMILES string of the molecule is CC(C)CNC(=O)c1cccc(CSc2nc(Cl)cc(N(C)C)n2)c1. The summed E-state index contributed by atoms with van der Waals surface area (Å²) in [6.07, 6.45) is 0. The summed E-state index contributed by atoms with van der Waals surface area (Å²) in [5.74, 6) is 1.81. The summed E-state index contributed by atoms with van der Waals surface area (Å²) in [6.45, 7) is 4.81. The number of anilines is 1. The minimum Gasteiger partial charge on any atom is -0.363 e. The molecule has 0 saturated heterocycles. The first-order valence-corrected chi connectivity index (χ1v) is 9.43. The van der Waals surface area contributed by atoms with Gasteiger partial charge in [0.05, 0.1) is 0 Å².